The second kappa shape index (κ2) is 6.21. The third-order valence-corrected chi connectivity index (χ3v) is 4.27. The summed E-state index contributed by atoms with van der Waals surface area (Å²) in [6.45, 7) is 0. The van der Waals surface area contributed by atoms with Crippen LogP contribution in [0.5, 0.6) is 5.75 Å². The molecule has 0 atom stereocenters. The molecule has 0 spiro atoms. The molecule has 0 radical (unpaired) electrons. The number of anilines is 1. The number of phenols is 1. The number of carbonyl (C=O) groups is 1. The summed E-state index contributed by atoms with van der Waals surface area (Å²) in [4.78, 5) is 14.4. The maximum absolute atomic E-state index is 12.4. The first-order valence-electron chi connectivity index (χ1n) is 6.42. The minimum atomic E-state index is -0.176. The van der Waals surface area contributed by atoms with E-state index in [4.69, 9.17) is 16.6 Å². The molecule has 2 heterocycles. The molecule has 1 amide bonds. The van der Waals surface area contributed by atoms with Gasteiger partial charge in [0, 0.05) is 0 Å². The Labute approximate surface area is 136 Å². The molecular formula is C16H11NO3S2. The van der Waals surface area contributed by atoms with E-state index in [9.17, 15) is 9.90 Å². The van der Waals surface area contributed by atoms with Crippen LogP contribution in [0.1, 0.15) is 5.76 Å². The fourth-order valence-electron chi connectivity index (χ4n) is 1.92. The van der Waals surface area contributed by atoms with Crippen molar-refractivity contribution in [1.82, 2.24) is 0 Å². The summed E-state index contributed by atoms with van der Waals surface area (Å²) in [5.41, 5.74) is 0.638. The van der Waals surface area contributed by atoms with Gasteiger partial charge in [-0.2, -0.15) is 0 Å². The minimum Gasteiger partial charge on any atom is -0.508 e. The number of hydrogen-bond acceptors (Lipinski definition) is 5. The number of amides is 1. The Hall–Kier alpha value is -2.31. The number of phenolic OH excluding ortho intramolecular Hbond substituents is 1. The summed E-state index contributed by atoms with van der Waals surface area (Å²) >= 11 is 6.50. The summed E-state index contributed by atoms with van der Waals surface area (Å²) in [5.74, 6) is 0.682. The van der Waals surface area contributed by atoms with E-state index in [0.717, 1.165) is 0 Å². The van der Waals surface area contributed by atoms with E-state index in [2.05, 4.69) is 0 Å². The molecule has 1 aromatic heterocycles. The summed E-state index contributed by atoms with van der Waals surface area (Å²) < 4.78 is 5.65. The Morgan fingerprint density at radius 3 is 2.68 bits per heavy atom. The van der Waals surface area contributed by atoms with Crippen LogP contribution < -0.4 is 4.90 Å². The smallest absolute Gasteiger partial charge is 0.270 e. The molecule has 1 fully saturated rings. The van der Waals surface area contributed by atoms with Crippen molar-refractivity contribution in [3.05, 3.63) is 65.5 Å². The average molecular weight is 329 g/mol. The summed E-state index contributed by atoms with van der Waals surface area (Å²) in [6.07, 6.45) is 6.82. The Kier molecular flexibility index (Phi) is 4.13. The van der Waals surface area contributed by atoms with Gasteiger partial charge in [0.15, 0.2) is 4.32 Å². The molecule has 0 aliphatic carbocycles. The Morgan fingerprint density at radius 1 is 1.23 bits per heavy atom. The van der Waals surface area contributed by atoms with Crippen molar-refractivity contribution in [2.75, 3.05) is 4.90 Å². The van der Waals surface area contributed by atoms with E-state index in [1.165, 1.54) is 28.8 Å². The van der Waals surface area contributed by atoms with Crippen molar-refractivity contribution in [1.29, 1.82) is 0 Å². The molecule has 2 aromatic rings. The van der Waals surface area contributed by atoms with Crippen LogP contribution in [-0.4, -0.2) is 15.3 Å². The first kappa shape index (κ1) is 14.6. The number of thiocarbonyl (C=S) groups is 1. The van der Waals surface area contributed by atoms with Crippen LogP contribution in [-0.2, 0) is 4.79 Å². The van der Waals surface area contributed by atoms with Crippen molar-refractivity contribution in [3.8, 4) is 5.75 Å². The van der Waals surface area contributed by atoms with Crippen molar-refractivity contribution < 1.29 is 14.3 Å². The largest absolute Gasteiger partial charge is 0.508 e. The van der Waals surface area contributed by atoms with Crippen LogP contribution in [0.2, 0.25) is 0 Å². The first-order valence-corrected chi connectivity index (χ1v) is 7.65. The molecule has 0 saturated carbocycles. The number of carbonyl (C=O) groups excluding carboxylic acids is 1. The van der Waals surface area contributed by atoms with Crippen molar-refractivity contribution in [2.24, 2.45) is 0 Å². The maximum atomic E-state index is 12.4. The number of aromatic hydroxyl groups is 1. The SMILES string of the molecule is O=C1C(=CC=Cc2ccco2)SC(=S)N1c1ccc(O)cc1. The molecule has 3 rings (SSSR count). The summed E-state index contributed by atoms with van der Waals surface area (Å²) in [6, 6.07) is 9.97. The summed E-state index contributed by atoms with van der Waals surface area (Å²) in [7, 11) is 0. The van der Waals surface area contributed by atoms with Crippen LogP contribution in [0.3, 0.4) is 0 Å². The predicted octanol–water partition coefficient (Wildman–Crippen LogP) is 3.95. The van der Waals surface area contributed by atoms with Gasteiger partial charge in [0.1, 0.15) is 11.5 Å². The van der Waals surface area contributed by atoms with Gasteiger partial charge in [-0.3, -0.25) is 9.69 Å². The second-order valence-electron chi connectivity index (χ2n) is 4.43. The highest BCUT2D eigenvalue weighted by Gasteiger charge is 2.32. The fraction of sp³-hybridized carbons (Fsp3) is 0. The van der Waals surface area contributed by atoms with Gasteiger partial charge < -0.3 is 9.52 Å². The normalized spacial score (nSPS) is 17.1. The van der Waals surface area contributed by atoms with Gasteiger partial charge in [0.05, 0.1) is 16.9 Å². The monoisotopic (exact) mass is 329 g/mol. The lowest BCUT2D eigenvalue weighted by atomic mass is 10.2. The topological polar surface area (TPSA) is 53.7 Å². The van der Waals surface area contributed by atoms with Gasteiger partial charge in [-0.15, -0.1) is 0 Å². The van der Waals surface area contributed by atoms with Gasteiger partial charge in [-0.25, -0.2) is 0 Å². The van der Waals surface area contributed by atoms with Gasteiger partial charge in [-0.1, -0.05) is 30.1 Å². The molecule has 0 bridgehead atoms. The molecule has 22 heavy (non-hydrogen) atoms. The molecule has 1 N–H and O–H groups in total. The predicted molar refractivity (Wildman–Crippen MR) is 91.6 cm³/mol. The molecular weight excluding hydrogens is 318 g/mol. The molecule has 0 unspecified atom stereocenters. The van der Waals surface area contributed by atoms with E-state index in [0.29, 0.717) is 20.7 Å². The summed E-state index contributed by atoms with van der Waals surface area (Å²) in [5, 5.41) is 9.32. The van der Waals surface area contributed by atoms with Crippen LogP contribution in [0.25, 0.3) is 6.08 Å². The van der Waals surface area contributed by atoms with Gasteiger partial charge in [0.2, 0.25) is 0 Å². The highest BCUT2D eigenvalue weighted by atomic mass is 32.2. The number of thioether (sulfide) groups is 1. The highest BCUT2D eigenvalue weighted by molar-refractivity contribution is 8.27. The molecule has 1 aromatic carbocycles. The Bertz CT molecular complexity index is 761. The Balaban J connectivity index is 1.80. The third-order valence-electron chi connectivity index (χ3n) is 2.95. The lowest BCUT2D eigenvalue weighted by Gasteiger charge is -2.14. The number of benzene rings is 1. The van der Waals surface area contributed by atoms with E-state index >= 15 is 0 Å². The van der Waals surface area contributed by atoms with Crippen molar-refractivity contribution in [2.45, 2.75) is 0 Å². The van der Waals surface area contributed by atoms with Gasteiger partial charge in [0.25, 0.3) is 5.91 Å². The number of furan rings is 1. The number of hydrogen-bond donors (Lipinski definition) is 1. The van der Waals surface area contributed by atoms with E-state index in [1.807, 2.05) is 6.07 Å². The van der Waals surface area contributed by atoms with E-state index in [1.54, 1.807) is 42.7 Å². The maximum Gasteiger partial charge on any atom is 0.270 e. The number of allylic oxidation sites excluding steroid dienone is 2. The molecule has 1 aliphatic rings. The zero-order chi connectivity index (χ0) is 15.5. The van der Waals surface area contributed by atoms with E-state index < -0.39 is 0 Å². The molecule has 1 saturated heterocycles. The van der Waals surface area contributed by atoms with Crippen LogP contribution in [0, 0.1) is 0 Å². The second-order valence-corrected chi connectivity index (χ2v) is 6.11. The molecule has 110 valence electrons. The number of nitrogens with zero attached hydrogens (tertiary/aromatic N) is 1. The van der Waals surface area contributed by atoms with Gasteiger partial charge in [-0.05, 0) is 48.6 Å². The van der Waals surface area contributed by atoms with Gasteiger partial charge >= 0.3 is 0 Å². The number of rotatable bonds is 3. The van der Waals surface area contributed by atoms with Crippen LogP contribution in [0.15, 0.2) is 64.1 Å². The van der Waals surface area contributed by atoms with Crippen molar-refractivity contribution >= 4 is 46.0 Å². The van der Waals surface area contributed by atoms with Crippen molar-refractivity contribution in [3.63, 3.8) is 0 Å². The first-order chi connectivity index (χ1) is 10.6. The third kappa shape index (κ3) is 2.98. The molecule has 6 heteroatoms. The lowest BCUT2D eigenvalue weighted by molar-refractivity contribution is -0.113. The average Bonchev–Trinajstić information content (AvgIpc) is 3.10. The minimum absolute atomic E-state index is 0.145. The molecule has 4 nitrogen and oxygen atoms in total. The lowest BCUT2D eigenvalue weighted by Crippen LogP contribution is -2.27. The fourth-order valence-corrected chi connectivity index (χ4v) is 3.17. The zero-order valence-corrected chi connectivity index (χ0v) is 12.9. The van der Waals surface area contributed by atoms with Crippen LogP contribution >= 0.6 is 24.0 Å². The zero-order valence-electron chi connectivity index (χ0n) is 11.3. The van der Waals surface area contributed by atoms with E-state index in [-0.39, 0.29) is 11.7 Å². The Morgan fingerprint density at radius 2 is 2.00 bits per heavy atom. The highest BCUT2D eigenvalue weighted by Crippen LogP contribution is 2.35. The quantitative estimate of drug-likeness (QED) is 0.682. The molecule has 1 aliphatic heterocycles. The standard InChI is InChI=1S/C16H11NO3S2/c18-12-8-6-11(7-9-12)17-15(19)14(22-16(17)21)5-1-3-13-4-2-10-20-13/h1-10,18H. The van der Waals surface area contributed by atoms with Crippen LogP contribution in [0.4, 0.5) is 5.69 Å².